The van der Waals surface area contributed by atoms with E-state index in [9.17, 15) is 8.42 Å². The zero-order valence-electron chi connectivity index (χ0n) is 11.0. The van der Waals surface area contributed by atoms with E-state index in [0.717, 1.165) is 12.8 Å². The number of rotatable bonds is 3. The average molecular weight is 397 g/mol. The monoisotopic (exact) mass is 395 g/mol. The Hall–Kier alpha value is -0.830. The maximum atomic E-state index is 12.8. The van der Waals surface area contributed by atoms with Gasteiger partial charge >= 0.3 is 0 Å². The summed E-state index contributed by atoms with van der Waals surface area (Å²) in [7, 11) is -3.81. The Morgan fingerprint density at radius 1 is 1.48 bits per heavy atom. The molecule has 0 spiro atoms. The van der Waals surface area contributed by atoms with Crippen molar-refractivity contribution >= 4 is 43.4 Å². The highest BCUT2D eigenvalue weighted by Crippen LogP contribution is 2.31. The third kappa shape index (κ3) is 3.33. The van der Waals surface area contributed by atoms with Gasteiger partial charge in [0.1, 0.15) is 4.90 Å². The number of nitrogens with two attached hydrogens (primary N) is 1. The fourth-order valence-corrected chi connectivity index (χ4v) is 5.05. The summed E-state index contributed by atoms with van der Waals surface area (Å²) in [4.78, 5) is 0.0185. The third-order valence-electron chi connectivity index (χ3n) is 3.39. The zero-order valence-corrected chi connectivity index (χ0v) is 14.2. The molecule has 1 aliphatic rings. The molecule has 0 amide bonds. The molecular weight excluding hydrogens is 382 g/mol. The Balaban J connectivity index is 2.45. The van der Waals surface area contributed by atoms with Crippen LogP contribution in [0, 0.1) is 0 Å². The molecule has 1 fully saturated rings. The Labute approximate surface area is 136 Å². The summed E-state index contributed by atoms with van der Waals surface area (Å²) in [6.45, 7) is 0.315. The first-order chi connectivity index (χ1) is 9.87. The summed E-state index contributed by atoms with van der Waals surface area (Å²) in [6.07, 6.45) is 2.06. The maximum absolute atomic E-state index is 12.8. The van der Waals surface area contributed by atoms with Gasteiger partial charge in [-0.05, 0) is 31.0 Å². The van der Waals surface area contributed by atoms with Crippen LogP contribution in [0.3, 0.4) is 0 Å². The lowest BCUT2D eigenvalue weighted by Crippen LogP contribution is -2.50. The molecule has 1 aromatic rings. The minimum Gasteiger partial charge on any atom is -0.409 e. The Morgan fingerprint density at radius 3 is 2.81 bits per heavy atom. The summed E-state index contributed by atoms with van der Waals surface area (Å²) < 4.78 is 27.5. The van der Waals surface area contributed by atoms with E-state index in [2.05, 4.69) is 21.1 Å². The predicted octanol–water partition coefficient (Wildman–Crippen LogP) is 2.39. The predicted molar refractivity (Wildman–Crippen MR) is 84.1 cm³/mol. The molecule has 21 heavy (non-hydrogen) atoms. The van der Waals surface area contributed by atoms with Gasteiger partial charge in [0, 0.05) is 11.0 Å². The molecule has 0 bridgehead atoms. The highest BCUT2D eigenvalue weighted by atomic mass is 79.9. The minimum absolute atomic E-state index is 0.0185. The molecule has 9 heteroatoms. The number of hydrogen-bond donors (Lipinski definition) is 2. The number of amidine groups is 1. The Morgan fingerprint density at radius 2 is 2.19 bits per heavy atom. The van der Waals surface area contributed by atoms with E-state index in [-0.39, 0.29) is 15.8 Å². The van der Waals surface area contributed by atoms with Gasteiger partial charge in [-0.2, -0.15) is 4.31 Å². The van der Waals surface area contributed by atoms with Gasteiger partial charge in [0.05, 0.1) is 11.1 Å². The van der Waals surface area contributed by atoms with Gasteiger partial charge < -0.3 is 10.9 Å². The maximum Gasteiger partial charge on any atom is 0.245 e. The van der Waals surface area contributed by atoms with Crippen LogP contribution in [0.1, 0.15) is 19.3 Å². The highest BCUT2D eigenvalue weighted by Gasteiger charge is 2.36. The first kappa shape index (κ1) is 16.5. The second-order valence-electron chi connectivity index (χ2n) is 4.73. The molecule has 1 saturated heterocycles. The second kappa shape index (κ2) is 6.51. The molecule has 3 N–H and O–H groups in total. The van der Waals surface area contributed by atoms with E-state index < -0.39 is 16.1 Å². The van der Waals surface area contributed by atoms with Crippen LogP contribution in [-0.4, -0.2) is 36.4 Å². The van der Waals surface area contributed by atoms with E-state index in [1.165, 1.54) is 16.4 Å². The van der Waals surface area contributed by atoms with Crippen LogP contribution < -0.4 is 5.73 Å². The summed E-state index contributed by atoms with van der Waals surface area (Å²) in [5.41, 5.74) is 5.63. The first-order valence-corrected chi connectivity index (χ1v) is 8.93. The van der Waals surface area contributed by atoms with Gasteiger partial charge in [-0.15, -0.1) is 0 Å². The average Bonchev–Trinajstić information content (AvgIpc) is 2.46. The van der Waals surface area contributed by atoms with E-state index in [4.69, 9.17) is 22.5 Å². The molecule has 1 heterocycles. The molecule has 1 aromatic carbocycles. The van der Waals surface area contributed by atoms with Crippen LogP contribution in [0.5, 0.6) is 0 Å². The highest BCUT2D eigenvalue weighted by molar-refractivity contribution is 9.10. The number of nitrogens with zero attached hydrogens (tertiary/aromatic N) is 2. The van der Waals surface area contributed by atoms with Gasteiger partial charge in [0.15, 0.2) is 5.84 Å². The van der Waals surface area contributed by atoms with Crippen molar-refractivity contribution in [3.05, 3.63) is 27.7 Å². The van der Waals surface area contributed by atoms with E-state index in [1.807, 2.05) is 0 Å². The number of sulfonamides is 1. The smallest absolute Gasteiger partial charge is 0.245 e. The van der Waals surface area contributed by atoms with Crippen molar-refractivity contribution in [2.45, 2.75) is 30.2 Å². The lowest BCUT2D eigenvalue weighted by Gasteiger charge is -2.33. The van der Waals surface area contributed by atoms with Crippen LogP contribution in [0.2, 0.25) is 5.02 Å². The van der Waals surface area contributed by atoms with Crippen LogP contribution in [0.4, 0.5) is 0 Å². The van der Waals surface area contributed by atoms with Gasteiger partial charge in [0.25, 0.3) is 0 Å². The van der Waals surface area contributed by atoms with Crippen LogP contribution in [0.25, 0.3) is 0 Å². The SMILES string of the molecule is NC(=NO)C1CCCCN1S(=O)(=O)c1ccc(Br)cc1Cl. The second-order valence-corrected chi connectivity index (χ2v) is 7.91. The molecule has 116 valence electrons. The van der Waals surface area contributed by atoms with Crippen molar-refractivity contribution < 1.29 is 13.6 Å². The molecule has 1 atom stereocenters. The normalized spacial score (nSPS) is 21.4. The van der Waals surface area contributed by atoms with Crippen molar-refractivity contribution in [1.29, 1.82) is 0 Å². The van der Waals surface area contributed by atoms with Crippen molar-refractivity contribution in [2.24, 2.45) is 10.9 Å². The van der Waals surface area contributed by atoms with Crippen molar-refractivity contribution in [2.75, 3.05) is 6.54 Å². The first-order valence-electron chi connectivity index (χ1n) is 6.32. The Bertz CT molecular complexity index is 666. The summed E-state index contributed by atoms with van der Waals surface area (Å²) in [5.74, 6) is -0.105. The van der Waals surface area contributed by atoms with Gasteiger partial charge in [-0.3, -0.25) is 0 Å². The van der Waals surface area contributed by atoms with Crippen molar-refractivity contribution in [3.63, 3.8) is 0 Å². The summed E-state index contributed by atoms with van der Waals surface area (Å²) >= 11 is 9.29. The molecule has 1 aliphatic heterocycles. The summed E-state index contributed by atoms with van der Waals surface area (Å²) in [5, 5.41) is 11.9. The molecule has 1 unspecified atom stereocenters. The molecule has 0 aromatic heterocycles. The number of oxime groups is 1. The van der Waals surface area contributed by atoms with Crippen molar-refractivity contribution in [1.82, 2.24) is 4.31 Å². The van der Waals surface area contributed by atoms with Crippen LogP contribution >= 0.6 is 27.5 Å². The Kier molecular flexibility index (Phi) is 5.13. The molecule has 0 radical (unpaired) electrons. The van der Waals surface area contributed by atoms with Gasteiger partial charge in [-0.1, -0.05) is 39.1 Å². The standard InChI is InChI=1S/C12H15BrClN3O3S/c13-8-4-5-11(9(14)7-8)21(19,20)17-6-2-1-3-10(17)12(15)16-18/h4-5,7,10,18H,1-3,6H2,(H2,15,16). The quantitative estimate of drug-likeness (QED) is 0.355. The zero-order chi connectivity index (χ0) is 15.6. The van der Waals surface area contributed by atoms with Crippen molar-refractivity contribution in [3.8, 4) is 0 Å². The van der Waals surface area contributed by atoms with Crippen LogP contribution in [0.15, 0.2) is 32.7 Å². The topological polar surface area (TPSA) is 96.0 Å². The number of piperidine rings is 1. The van der Waals surface area contributed by atoms with Crippen LogP contribution in [-0.2, 0) is 10.0 Å². The minimum atomic E-state index is -3.81. The largest absolute Gasteiger partial charge is 0.409 e. The number of benzene rings is 1. The molecule has 2 rings (SSSR count). The third-order valence-corrected chi connectivity index (χ3v) is 6.28. The number of halogens is 2. The fraction of sp³-hybridized carbons (Fsp3) is 0.417. The summed E-state index contributed by atoms with van der Waals surface area (Å²) in [6, 6.07) is 3.94. The lowest BCUT2D eigenvalue weighted by atomic mass is 10.0. The van der Waals surface area contributed by atoms with E-state index >= 15 is 0 Å². The van der Waals surface area contributed by atoms with E-state index in [0.29, 0.717) is 17.4 Å². The van der Waals surface area contributed by atoms with Gasteiger partial charge in [0.2, 0.25) is 10.0 Å². The van der Waals surface area contributed by atoms with E-state index in [1.54, 1.807) is 6.07 Å². The number of hydrogen-bond acceptors (Lipinski definition) is 4. The molecule has 0 saturated carbocycles. The molecule has 6 nitrogen and oxygen atoms in total. The van der Waals surface area contributed by atoms with Gasteiger partial charge in [-0.25, -0.2) is 8.42 Å². The molecule has 0 aliphatic carbocycles. The lowest BCUT2D eigenvalue weighted by molar-refractivity contribution is 0.281. The fourth-order valence-electron chi connectivity index (χ4n) is 2.37. The molecular formula is C12H15BrClN3O3S.